The molecule has 61 heavy (non-hydrogen) atoms. The van der Waals surface area contributed by atoms with Crippen LogP contribution in [0.25, 0.3) is 0 Å². The van der Waals surface area contributed by atoms with E-state index in [9.17, 15) is 9.59 Å². The zero-order valence-electron chi connectivity index (χ0n) is 40.0. The van der Waals surface area contributed by atoms with Crippen molar-refractivity contribution in [3.8, 4) is 0 Å². The van der Waals surface area contributed by atoms with E-state index in [0.29, 0.717) is 12.6 Å². The van der Waals surface area contributed by atoms with Crippen LogP contribution in [0.4, 0.5) is 0 Å². The molecule has 0 bridgehead atoms. The quantitative estimate of drug-likeness (QED) is 0.174. The zero-order chi connectivity index (χ0) is 45.6. The molecule has 0 fully saturated rings. The van der Waals surface area contributed by atoms with Gasteiger partial charge in [0.25, 0.3) is 11.8 Å². The van der Waals surface area contributed by atoms with Crippen LogP contribution in [0.15, 0.2) is 101 Å². The molecule has 0 N–H and O–H groups in total. The lowest BCUT2D eigenvalue weighted by Gasteiger charge is -2.19. The molecule has 0 atom stereocenters. The van der Waals surface area contributed by atoms with Crippen molar-refractivity contribution in [2.45, 2.75) is 188 Å². The van der Waals surface area contributed by atoms with Crippen LogP contribution >= 0.6 is 0 Å². The number of rotatable bonds is 2. The van der Waals surface area contributed by atoms with E-state index in [1.807, 2.05) is 145 Å². The highest BCUT2D eigenvalue weighted by Gasteiger charge is 2.30. The number of carbonyl (C=O) groups excluding carboxylic acids is 2. The molecule has 0 spiro atoms. The van der Waals surface area contributed by atoms with Crippen molar-refractivity contribution in [2.75, 3.05) is 0 Å². The second-order valence-corrected chi connectivity index (χ2v) is 16.7. The van der Waals surface area contributed by atoms with Crippen LogP contribution in [-0.4, -0.2) is 53.6 Å². The molecule has 0 saturated heterocycles. The Kier molecular flexibility index (Phi) is 29.0. The first kappa shape index (κ1) is 60.3. The first-order chi connectivity index (χ1) is 27.7. The smallest absolute Gasteiger partial charge is 0.256 e. The Balaban J connectivity index is -0.000000669. The van der Waals surface area contributed by atoms with E-state index < -0.39 is 0 Å². The normalized spacial score (nSPS) is 12.1. The lowest BCUT2D eigenvalue weighted by Crippen LogP contribution is -2.30. The largest absolute Gasteiger partial charge is 0.469 e. The van der Waals surface area contributed by atoms with E-state index >= 15 is 0 Å². The molecule has 344 valence electrons. The van der Waals surface area contributed by atoms with Crippen LogP contribution < -0.4 is 0 Å². The fourth-order valence-corrected chi connectivity index (χ4v) is 5.23. The minimum Gasteiger partial charge on any atom is -0.469 e. The summed E-state index contributed by atoms with van der Waals surface area (Å²) in [5.74, 6) is 1.33. The zero-order valence-corrected chi connectivity index (χ0v) is 40.0. The first-order valence-electron chi connectivity index (χ1n) is 21.3. The van der Waals surface area contributed by atoms with E-state index in [0.717, 1.165) is 40.4 Å². The van der Waals surface area contributed by atoms with Crippen LogP contribution in [0.2, 0.25) is 0 Å². The van der Waals surface area contributed by atoms with E-state index in [-0.39, 0.29) is 49.1 Å². The Morgan fingerprint density at radius 3 is 1.51 bits per heavy atom. The Hall–Kier alpha value is -4.99. The molecule has 2 amide bonds. The maximum absolute atomic E-state index is 11.8. The van der Waals surface area contributed by atoms with Gasteiger partial charge < -0.3 is 18.7 Å². The van der Waals surface area contributed by atoms with Gasteiger partial charge in [-0.15, -0.1) is 0 Å². The number of nitrogens with zero attached hydrogens (tertiary/aromatic N) is 6. The number of amides is 2. The SMILES string of the molecule is C.C.CC.CC.CC.CC(C)(C)c1ccco1.CC(C)(C)c1ccon1.CC(C)(C)n1cccn1.CC(C)N1Cc2ccccc2C1=O.CC(C)N1Cc2ncccc2C1=O. The number of aromatic nitrogens is 4. The second-order valence-electron chi connectivity index (χ2n) is 16.7. The summed E-state index contributed by atoms with van der Waals surface area (Å²) >= 11 is 0. The van der Waals surface area contributed by atoms with Crippen LogP contribution in [-0.2, 0) is 29.5 Å². The molecule has 0 radical (unpaired) electrons. The Labute approximate surface area is 372 Å². The predicted molar refractivity (Wildman–Crippen MR) is 258 cm³/mol. The molecule has 10 nitrogen and oxygen atoms in total. The predicted octanol–water partition coefficient (Wildman–Crippen LogP) is 14.0. The Morgan fingerprint density at radius 1 is 0.607 bits per heavy atom. The third-order valence-electron chi connectivity index (χ3n) is 8.46. The van der Waals surface area contributed by atoms with Gasteiger partial charge >= 0.3 is 0 Å². The molecule has 10 heteroatoms. The van der Waals surface area contributed by atoms with Gasteiger partial charge in [-0.1, -0.05) is 121 Å². The minimum absolute atomic E-state index is 0. The van der Waals surface area contributed by atoms with Gasteiger partial charge in [-0.3, -0.25) is 19.3 Å². The average molecular weight is 847 g/mol. The molecule has 2 aliphatic rings. The number of hydrogen-bond donors (Lipinski definition) is 0. The van der Waals surface area contributed by atoms with Crippen molar-refractivity contribution >= 4 is 11.8 Å². The highest BCUT2D eigenvalue weighted by atomic mass is 16.5. The molecular formula is C51H86N6O4. The second kappa shape index (κ2) is 29.3. The summed E-state index contributed by atoms with van der Waals surface area (Å²) in [6, 6.07) is 19.8. The number of fused-ring (bicyclic) bond motifs is 2. The number of hydrogen-bond acceptors (Lipinski definition) is 7. The molecule has 1 aromatic carbocycles. The van der Waals surface area contributed by atoms with Crippen molar-refractivity contribution in [3.63, 3.8) is 0 Å². The van der Waals surface area contributed by atoms with Crippen LogP contribution in [0, 0.1) is 0 Å². The van der Waals surface area contributed by atoms with E-state index in [1.165, 1.54) is 0 Å². The van der Waals surface area contributed by atoms with Crippen molar-refractivity contribution in [2.24, 2.45) is 0 Å². The van der Waals surface area contributed by atoms with Crippen molar-refractivity contribution in [1.29, 1.82) is 0 Å². The van der Waals surface area contributed by atoms with Gasteiger partial charge in [-0.25, -0.2) is 0 Å². The first-order valence-corrected chi connectivity index (χ1v) is 21.3. The van der Waals surface area contributed by atoms with Crippen LogP contribution in [0.5, 0.6) is 0 Å². The number of benzene rings is 1. The van der Waals surface area contributed by atoms with Gasteiger partial charge in [0.05, 0.1) is 35.3 Å². The molecule has 6 heterocycles. The van der Waals surface area contributed by atoms with E-state index in [1.54, 1.807) is 31.0 Å². The van der Waals surface area contributed by atoms with Crippen molar-refractivity contribution in [3.05, 3.63) is 126 Å². The maximum atomic E-state index is 11.8. The van der Waals surface area contributed by atoms with Crippen molar-refractivity contribution < 1.29 is 18.5 Å². The molecule has 0 saturated carbocycles. The topological polar surface area (TPSA) is 110 Å². The van der Waals surface area contributed by atoms with Gasteiger partial charge in [0.1, 0.15) is 12.0 Å². The highest BCUT2D eigenvalue weighted by molar-refractivity contribution is 5.98. The highest BCUT2D eigenvalue weighted by Crippen LogP contribution is 2.25. The van der Waals surface area contributed by atoms with E-state index in [4.69, 9.17) is 8.94 Å². The summed E-state index contributed by atoms with van der Waals surface area (Å²) in [6.45, 7) is 40.6. The standard InChI is InChI=1S/C11H13NO.C10H12N2O.C8H12O.C7H12N2.C7H11NO.3C2H6.2CH4/c1-8(2)12-7-9-5-3-4-6-10(9)11(12)13;1-7(2)12-6-9-8(10(12)13)4-3-5-11-9;1-8(2,3)7-5-4-6-9-7;1-7(2,3)9-6-4-5-8-9;1-7(2,3)6-4-5-9-8-6;3*1-2;;/h3-6,8H,7H2,1-2H3;3-5,7H,6H2,1-2H3;2*4-6H,1-3H3;4-5H,1-3H3;3*1-2H3;2*1H4. The Morgan fingerprint density at radius 2 is 1.15 bits per heavy atom. The Bertz CT molecular complexity index is 1650. The molecule has 2 aliphatic heterocycles. The van der Waals surface area contributed by atoms with Gasteiger partial charge in [0.15, 0.2) is 0 Å². The van der Waals surface area contributed by atoms with Gasteiger partial charge in [-0.05, 0) is 90.4 Å². The molecule has 0 aliphatic carbocycles. The third kappa shape index (κ3) is 20.0. The average Bonchev–Trinajstić information content (AvgIpc) is 4.05. The minimum atomic E-state index is 0. The monoisotopic (exact) mass is 847 g/mol. The number of furan rings is 1. The molecular weight excluding hydrogens is 761 g/mol. The lowest BCUT2D eigenvalue weighted by atomic mass is 9.93. The third-order valence-corrected chi connectivity index (χ3v) is 8.46. The molecule has 0 unspecified atom stereocenters. The fourth-order valence-electron chi connectivity index (χ4n) is 5.23. The van der Waals surface area contributed by atoms with Gasteiger partial charge in [-0.2, -0.15) is 5.10 Å². The molecule has 7 rings (SSSR count). The van der Waals surface area contributed by atoms with Gasteiger partial charge in [0.2, 0.25) is 0 Å². The van der Waals surface area contributed by atoms with Crippen LogP contribution in [0.1, 0.15) is 190 Å². The number of pyridine rings is 1. The maximum Gasteiger partial charge on any atom is 0.256 e. The lowest BCUT2D eigenvalue weighted by molar-refractivity contribution is 0.0722. The van der Waals surface area contributed by atoms with Gasteiger partial charge in [0, 0.05) is 59.7 Å². The summed E-state index contributed by atoms with van der Waals surface area (Å²) in [6.07, 6.45) is 8.81. The summed E-state index contributed by atoms with van der Waals surface area (Å²) in [4.78, 5) is 31.4. The summed E-state index contributed by atoms with van der Waals surface area (Å²) in [5, 5.41) is 7.92. The molecule has 5 aromatic rings. The van der Waals surface area contributed by atoms with E-state index in [2.05, 4.69) is 77.6 Å². The summed E-state index contributed by atoms with van der Waals surface area (Å²) in [7, 11) is 0. The fraction of sp³-hybridized carbons (Fsp3) is 0.549. The van der Waals surface area contributed by atoms with Crippen LogP contribution in [0.3, 0.4) is 0 Å². The van der Waals surface area contributed by atoms with Crippen molar-refractivity contribution in [1.82, 2.24) is 29.7 Å². The summed E-state index contributed by atoms with van der Waals surface area (Å²) < 4.78 is 11.8. The number of carbonyl (C=O) groups is 2. The molecule has 4 aromatic heterocycles. The summed E-state index contributed by atoms with van der Waals surface area (Å²) in [5.41, 5.74) is 5.09.